The summed E-state index contributed by atoms with van der Waals surface area (Å²) in [6.45, 7) is 0. The molecule has 0 aliphatic carbocycles. The minimum absolute atomic E-state index is 1.09. The zero-order chi connectivity index (χ0) is 73.0. The van der Waals surface area contributed by atoms with Crippen LogP contribution in [0, 0.1) is 0 Å². The van der Waals surface area contributed by atoms with Crippen molar-refractivity contribution in [2.75, 3.05) is 14.7 Å². The number of para-hydroxylation sites is 6. The number of rotatable bonds is 15. The summed E-state index contributed by atoms with van der Waals surface area (Å²) in [5, 5.41) is 10.9. The van der Waals surface area contributed by atoms with Gasteiger partial charge < -0.3 is 28.4 Å². The van der Waals surface area contributed by atoms with Crippen LogP contribution in [0.3, 0.4) is 0 Å². The van der Waals surface area contributed by atoms with Gasteiger partial charge in [-0.25, -0.2) is 0 Å². The van der Waals surface area contributed by atoms with E-state index in [0.717, 1.165) is 101 Å². The number of thiophene rings is 3. The van der Waals surface area contributed by atoms with E-state index in [0.29, 0.717) is 0 Å². The second-order valence-electron chi connectivity index (χ2n) is 28.3. The van der Waals surface area contributed by atoms with E-state index in [1.165, 1.54) is 93.8 Å². The first-order valence-electron chi connectivity index (χ1n) is 37.6. The Kier molecular flexibility index (Phi) is 15.4. The van der Waals surface area contributed by atoms with Crippen molar-refractivity contribution in [2.45, 2.75) is 0 Å². The Balaban J connectivity index is 0.797. The molecule has 0 radical (unpaired) electrons. The van der Waals surface area contributed by atoms with Gasteiger partial charge in [-0.3, -0.25) is 0 Å². The molecule has 0 unspecified atom stereocenters. The van der Waals surface area contributed by atoms with E-state index in [2.05, 4.69) is 429 Å². The zero-order valence-electron chi connectivity index (χ0n) is 60.0. The van der Waals surface area contributed by atoms with Gasteiger partial charge in [-0.1, -0.05) is 255 Å². The Bertz CT molecular complexity index is 6550. The average molecular weight is 1470 g/mol. The second-order valence-corrected chi connectivity index (χ2v) is 31.5. The van der Waals surface area contributed by atoms with Crippen LogP contribution >= 0.6 is 34.0 Å². The van der Waals surface area contributed by atoms with Gasteiger partial charge >= 0.3 is 0 Å². The second kappa shape index (κ2) is 26.6. The van der Waals surface area contributed by atoms with Gasteiger partial charge in [-0.2, -0.15) is 0 Å². The highest BCUT2D eigenvalue weighted by Crippen LogP contribution is 2.57. The lowest BCUT2D eigenvalue weighted by molar-refractivity contribution is 1.17. The number of hydrogen-bond donors (Lipinski definition) is 0. The predicted molar refractivity (Wildman–Crippen MR) is 476 cm³/mol. The molecule has 22 aromatic rings. The van der Waals surface area contributed by atoms with Gasteiger partial charge in [0.05, 0.1) is 64.3 Å². The molecule has 0 amide bonds. The van der Waals surface area contributed by atoms with Crippen LogP contribution in [0.2, 0.25) is 0 Å². The Labute approximate surface area is 653 Å². The summed E-state index contributed by atoms with van der Waals surface area (Å²) in [5.74, 6) is 0. The molecule has 6 nitrogen and oxygen atoms in total. The topological polar surface area (TPSA) is 24.5 Å². The molecule has 522 valence electrons. The summed E-state index contributed by atoms with van der Waals surface area (Å²) in [6.07, 6.45) is 0. The number of hydrogen-bond acceptors (Lipinski definition) is 6. The van der Waals surface area contributed by atoms with E-state index in [1.54, 1.807) is 0 Å². The van der Waals surface area contributed by atoms with Crippen molar-refractivity contribution in [1.82, 2.24) is 13.7 Å². The summed E-state index contributed by atoms with van der Waals surface area (Å²) >= 11 is 5.70. The van der Waals surface area contributed by atoms with Crippen LogP contribution in [0.15, 0.2) is 400 Å². The molecular formula is C102H66N6S3. The molecule has 16 aromatic carbocycles. The molecule has 0 saturated heterocycles. The highest BCUT2D eigenvalue weighted by atomic mass is 32.1. The first-order chi connectivity index (χ1) is 55.1. The summed E-state index contributed by atoms with van der Waals surface area (Å²) in [6, 6.07) is 147. The van der Waals surface area contributed by atoms with Gasteiger partial charge in [0.15, 0.2) is 0 Å². The lowest BCUT2D eigenvalue weighted by atomic mass is 10.1. The first kappa shape index (κ1) is 64.4. The third kappa shape index (κ3) is 10.6. The smallest absolute Gasteiger partial charge is 0.0679 e. The number of aromatic nitrogens is 3. The third-order valence-corrected chi connectivity index (χ3v) is 25.5. The molecule has 9 heteroatoms. The summed E-state index contributed by atoms with van der Waals surface area (Å²) in [7, 11) is 0. The number of nitrogens with zero attached hydrogens (tertiary/aromatic N) is 6. The normalized spacial score (nSPS) is 11.8. The molecule has 6 heterocycles. The van der Waals surface area contributed by atoms with E-state index in [9.17, 15) is 0 Å². The Morgan fingerprint density at radius 2 is 0.423 bits per heavy atom. The number of fused-ring (bicyclic) bond motifs is 15. The van der Waals surface area contributed by atoms with Crippen molar-refractivity contribution in [3.8, 4) is 48.4 Å². The molecule has 111 heavy (non-hydrogen) atoms. The number of benzene rings is 16. The van der Waals surface area contributed by atoms with Crippen LogP contribution < -0.4 is 14.7 Å². The van der Waals surface area contributed by atoms with Gasteiger partial charge in [-0.15, -0.1) is 34.0 Å². The van der Waals surface area contributed by atoms with Crippen molar-refractivity contribution < 1.29 is 0 Å². The van der Waals surface area contributed by atoms with Crippen LogP contribution in [0.25, 0.3) is 144 Å². The van der Waals surface area contributed by atoms with Gasteiger partial charge in [0.1, 0.15) is 0 Å². The predicted octanol–water partition coefficient (Wildman–Crippen LogP) is 30.0. The van der Waals surface area contributed by atoms with Crippen molar-refractivity contribution in [1.29, 1.82) is 0 Å². The summed E-state index contributed by atoms with van der Waals surface area (Å²) in [4.78, 5) is 10.8. The van der Waals surface area contributed by atoms with Crippen LogP contribution in [0.5, 0.6) is 0 Å². The largest absolute Gasteiger partial charge is 0.310 e. The number of anilines is 9. The molecule has 0 fully saturated rings. The highest BCUT2D eigenvalue weighted by Gasteiger charge is 2.33. The van der Waals surface area contributed by atoms with Gasteiger partial charge in [0, 0.05) is 98.1 Å². The third-order valence-electron chi connectivity index (χ3n) is 22.0. The molecule has 0 aliphatic rings. The molecule has 0 spiro atoms. The van der Waals surface area contributed by atoms with Gasteiger partial charge in [-0.05, 0) is 178 Å². The summed E-state index contributed by atoms with van der Waals surface area (Å²) in [5.41, 5.74) is 23.8. The van der Waals surface area contributed by atoms with E-state index < -0.39 is 0 Å². The highest BCUT2D eigenvalue weighted by molar-refractivity contribution is 7.25. The van der Waals surface area contributed by atoms with E-state index in [1.807, 2.05) is 34.0 Å². The van der Waals surface area contributed by atoms with E-state index in [4.69, 9.17) is 0 Å². The van der Waals surface area contributed by atoms with Crippen LogP contribution in [-0.4, -0.2) is 13.7 Å². The Morgan fingerprint density at radius 3 is 0.694 bits per heavy atom. The quantitative estimate of drug-likeness (QED) is 0.102. The molecule has 0 saturated carbocycles. The Morgan fingerprint density at radius 1 is 0.198 bits per heavy atom. The maximum atomic E-state index is 2.60. The van der Waals surface area contributed by atoms with Crippen molar-refractivity contribution in [3.63, 3.8) is 0 Å². The average Bonchev–Trinajstić information content (AvgIpc) is 1.50. The molecule has 0 atom stereocenters. The van der Waals surface area contributed by atoms with E-state index in [-0.39, 0.29) is 0 Å². The fourth-order valence-corrected chi connectivity index (χ4v) is 20.7. The summed E-state index contributed by atoms with van der Waals surface area (Å²) < 4.78 is 11.5. The SMILES string of the molecule is c1ccc(N(c2ccc(-c3cc4c(s3)c3c(c5c6sc(-c7ccc(N(c8ccccc8)c8cccc9ccccc89)cc7)cc6n(-c6ccccc6)c5c5c6sc(-c7ccc(N(c8ccccc8)c8cccc9ccccc89)cc7)cc6n(-c6ccccc6)c35)n4-c3ccccc3)cc2)c2cccc3ccccc23)cc1. The molecule has 6 aromatic heterocycles. The fourth-order valence-electron chi connectivity index (χ4n) is 17.1. The monoisotopic (exact) mass is 1470 g/mol. The van der Waals surface area contributed by atoms with Crippen LogP contribution in [0.1, 0.15) is 0 Å². The van der Waals surface area contributed by atoms with Crippen molar-refractivity contribution >= 4 is 181 Å². The minimum atomic E-state index is 1.09. The maximum absolute atomic E-state index is 2.60. The lowest BCUT2D eigenvalue weighted by Crippen LogP contribution is -2.10. The van der Waals surface area contributed by atoms with Crippen molar-refractivity contribution in [2.24, 2.45) is 0 Å². The maximum Gasteiger partial charge on any atom is 0.0679 e. The standard InChI is InChI=1S/C102H66N6S3/c1-7-34-73(35-8-1)103(85-49-25-31-67-28-19-22-46-82(67)85)79-58-52-70(53-59-79)91-64-88-100(109-91)94-97(106(88)76-40-13-4-14-41-76)95-99(108(78-44-17-6-18-45-78)90-66-93(110-101(90)95)72-56-62-81(63-57-72)105(75-38-11-3-12-39-75)87-51-27-33-69-30-21-24-48-84(69)87)96-98(94)107(77-42-15-5-16-43-77)89-65-92(111-102(89)96)71-54-60-80(61-55-71)104(74-36-9-2-10-37-74)86-50-26-32-68-29-20-23-47-83(68)86/h1-66H. The van der Waals surface area contributed by atoms with Crippen LogP contribution in [0.4, 0.5) is 51.2 Å². The Hall–Kier alpha value is -13.8. The van der Waals surface area contributed by atoms with Gasteiger partial charge in [0.25, 0.3) is 0 Å². The molecular weight excluding hydrogens is 1410 g/mol. The molecule has 22 rings (SSSR count). The molecule has 0 bridgehead atoms. The van der Waals surface area contributed by atoms with Crippen molar-refractivity contribution in [3.05, 3.63) is 400 Å². The zero-order valence-corrected chi connectivity index (χ0v) is 62.5. The molecule has 0 N–H and O–H groups in total. The minimum Gasteiger partial charge on any atom is -0.310 e. The lowest BCUT2D eigenvalue weighted by Gasteiger charge is -2.27. The van der Waals surface area contributed by atoms with Gasteiger partial charge in [0.2, 0.25) is 0 Å². The molecule has 0 aliphatic heterocycles. The van der Waals surface area contributed by atoms with Crippen LogP contribution in [-0.2, 0) is 0 Å². The first-order valence-corrected chi connectivity index (χ1v) is 40.1. The van der Waals surface area contributed by atoms with E-state index >= 15 is 0 Å². The fraction of sp³-hybridized carbons (Fsp3) is 0.